The van der Waals surface area contributed by atoms with Gasteiger partial charge in [-0.05, 0) is 49.1 Å². The van der Waals surface area contributed by atoms with Gasteiger partial charge in [0.05, 0.1) is 0 Å². The summed E-state index contributed by atoms with van der Waals surface area (Å²) in [5.74, 6) is 0.312. The van der Waals surface area contributed by atoms with Crippen LogP contribution in [0.25, 0.3) is 0 Å². The zero-order valence-electron chi connectivity index (χ0n) is 12.1. The average molecular weight is 304 g/mol. The van der Waals surface area contributed by atoms with Crippen molar-refractivity contribution in [2.24, 2.45) is 0 Å². The van der Waals surface area contributed by atoms with Gasteiger partial charge >= 0.3 is 0 Å². The third-order valence-corrected chi connectivity index (χ3v) is 4.55. The average Bonchev–Trinajstić information content (AvgIpc) is 2.47. The van der Waals surface area contributed by atoms with E-state index in [4.69, 9.17) is 11.6 Å². The summed E-state index contributed by atoms with van der Waals surface area (Å²) in [6, 6.07) is 13.6. The molecule has 0 spiro atoms. The fourth-order valence-corrected chi connectivity index (χ4v) is 3.44. The van der Waals surface area contributed by atoms with Crippen molar-refractivity contribution in [1.29, 1.82) is 0 Å². The predicted octanol–water partition coefficient (Wildman–Crippen LogP) is 4.65. The Hall–Kier alpha value is -1.38. The number of benzene rings is 2. The molecule has 3 heteroatoms. The molecule has 110 valence electrons. The zero-order valence-corrected chi connectivity index (χ0v) is 12.8. The maximum Gasteiger partial charge on any atom is 0.128 e. The Balaban J connectivity index is 1.98. The second kappa shape index (κ2) is 6.17. The van der Waals surface area contributed by atoms with Crippen molar-refractivity contribution < 1.29 is 4.39 Å². The number of hydrogen-bond donors (Lipinski definition) is 1. The third-order valence-electron chi connectivity index (χ3n) is 4.31. The molecule has 1 saturated heterocycles. The number of piperidine rings is 1. The van der Waals surface area contributed by atoms with Crippen molar-refractivity contribution in [3.05, 3.63) is 70.0 Å². The first-order valence-electron chi connectivity index (χ1n) is 7.37. The van der Waals surface area contributed by atoms with Crippen molar-refractivity contribution in [3.63, 3.8) is 0 Å². The molecule has 1 N–H and O–H groups in total. The first-order valence-corrected chi connectivity index (χ1v) is 7.75. The van der Waals surface area contributed by atoms with Crippen LogP contribution < -0.4 is 5.32 Å². The summed E-state index contributed by atoms with van der Waals surface area (Å²) >= 11 is 5.88. The molecule has 0 saturated carbocycles. The van der Waals surface area contributed by atoms with Crippen LogP contribution in [0.1, 0.15) is 34.9 Å². The molecule has 1 aliphatic heterocycles. The normalized spacial score (nSPS) is 22.2. The molecule has 3 rings (SSSR count). The molecule has 2 aromatic carbocycles. The fourth-order valence-electron chi connectivity index (χ4n) is 3.28. The smallest absolute Gasteiger partial charge is 0.128 e. The van der Waals surface area contributed by atoms with Crippen LogP contribution >= 0.6 is 11.6 Å². The largest absolute Gasteiger partial charge is 0.316 e. The van der Waals surface area contributed by atoms with E-state index in [2.05, 4.69) is 36.5 Å². The molecule has 1 aliphatic rings. The molecule has 0 aliphatic carbocycles. The van der Waals surface area contributed by atoms with E-state index in [0.29, 0.717) is 10.9 Å². The highest BCUT2D eigenvalue weighted by molar-refractivity contribution is 6.30. The summed E-state index contributed by atoms with van der Waals surface area (Å²) in [4.78, 5) is 0. The lowest BCUT2D eigenvalue weighted by molar-refractivity contribution is 0.393. The van der Waals surface area contributed by atoms with Crippen molar-refractivity contribution >= 4 is 11.6 Å². The number of rotatable bonds is 2. The molecule has 1 nitrogen and oxygen atoms in total. The second-order valence-corrected chi connectivity index (χ2v) is 6.22. The van der Waals surface area contributed by atoms with Crippen LogP contribution in [-0.2, 0) is 0 Å². The van der Waals surface area contributed by atoms with E-state index >= 15 is 0 Å². The van der Waals surface area contributed by atoms with Gasteiger partial charge in [-0.15, -0.1) is 0 Å². The van der Waals surface area contributed by atoms with Gasteiger partial charge < -0.3 is 5.32 Å². The van der Waals surface area contributed by atoms with Crippen LogP contribution in [0.15, 0.2) is 42.5 Å². The molecular weight excluding hydrogens is 285 g/mol. The Kier molecular flexibility index (Phi) is 4.27. The minimum Gasteiger partial charge on any atom is -0.316 e. The Morgan fingerprint density at radius 1 is 1.14 bits per heavy atom. The van der Waals surface area contributed by atoms with E-state index in [1.165, 1.54) is 17.2 Å². The Labute approximate surface area is 130 Å². The Morgan fingerprint density at radius 2 is 2.00 bits per heavy atom. The van der Waals surface area contributed by atoms with E-state index < -0.39 is 0 Å². The van der Waals surface area contributed by atoms with E-state index in [9.17, 15) is 4.39 Å². The van der Waals surface area contributed by atoms with Gasteiger partial charge in [0.25, 0.3) is 0 Å². The van der Waals surface area contributed by atoms with Gasteiger partial charge in [-0.3, -0.25) is 0 Å². The first kappa shape index (κ1) is 14.6. The highest BCUT2D eigenvalue weighted by Crippen LogP contribution is 2.39. The highest BCUT2D eigenvalue weighted by atomic mass is 35.5. The standard InChI is InChI=1S/C18H19ClFN/c1-12-3-2-4-13(9-12)17-11-21-8-7-15(17)16-6-5-14(19)10-18(16)20/h2-6,9-10,15,17,21H,7-8,11H2,1H3. The van der Waals surface area contributed by atoms with Crippen molar-refractivity contribution in [3.8, 4) is 0 Å². The summed E-state index contributed by atoms with van der Waals surface area (Å²) in [7, 11) is 0. The molecule has 1 heterocycles. The van der Waals surface area contributed by atoms with Crippen molar-refractivity contribution in [1.82, 2.24) is 5.32 Å². The highest BCUT2D eigenvalue weighted by Gasteiger charge is 2.29. The van der Waals surface area contributed by atoms with Gasteiger partial charge in [0, 0.05) is 17.5 Å². The van der Waals surface area contributed by atoms with Gasteiger partial charge in [0.2, 0.25) is 0 Å². The van der Waals surface area contributed by atoms with E-state index in [1.807, 2.05) is 6.07 Å². The minimum absolute atomic E-state index is 0.188. The summed E-state index contributed by atoms with van der Waals surface area (Å²) in [5, 5.41) is 3.89. The fraction of sp³-hybridized carbons (Fsp3) is 0.333. The van der Waals surface area contributed by atoms with Crippen molar-refractivity contribution in [2.75, 3.05) is 13.1 Å². The lowest BCUT2D eigenvalue weighted by atomic mass is 9.77. The van der Waals surface area contributed by atoms with E-state index in [1.54, 1.807) is 6.07 Å². The van der Waals surface area contributed by atoms with Crippen LogP contribution in [0.4, 0.5) is 4.39 Å². The molecule has 0 amide bonds. The topological polar surface area (TPSA) is 12.0 Å². The van der Waals surface area contributed by atoms with Gasteiger partial charge in [-0.25, -0.2) is 4.39 Å². The lowest BCUT2D eigenvalue weighted by Gasteiger charge is -2.33. The molecule has 2 atom stereocenters. The maximum absolute atomic E-state index is 14.3. The first-order chi connectivity index (χ1) is 10.1. The number of nitrogens with one attached hydrogen (secondary N) is 1. The van der Waals surface area contributed by atoms with Crippen LogP contribution in [0.3, 0.4) is 0 Å². The molecule has 2 unspecified atom stereocenters. The second-order valence-electron chi connectivity index (χ2n) is 5.79. The van der Waals surface area contributed by atoms with Gasteiger partial charge in [-0.1, -0.05) is 47.5 Å². The zero-order chi connectivity index (χ0) is 14.8. The number of halogens is 2. The molecule has 1 fully saturated rings. The SMILES string of the molecule is Cc1cccc(C2CNCCC2c2ccc(Cl)cc2F)c1. The maximum atomic E-state index is 14.3. The minimum atomic E-state index is -0.188. The Bertz CT molecular complexity index is 641. The van der Waals surface area contributed by atoms with Crippen LogP contribution in [0.5, 0.6) is 0 Å². The third kappa shape index (κ3) is 3.12. The summed E-state index contributed by atoms with van der Waals surface area (Å²) in [6.07, 6.45) is 0.942. The lowest BCUT2D eigenvalue weighted by Crippen LogP contribution is -2.34. The van der Waals surface area contributed by atoms with Crippen molar-refractivity contribution in [2.45, 2.75) is 25.2 Å². The molecule has 2 aromatic rings. The number of aryl methyl sites for hydroxylation is 1. The Morgan fingerprint density at radius 3 is 2.76 bits per heavy atom. The van der Waals surface area contributed by atoms with Gasteiger partial charge in [0.1, 0.15) is 5.82 Å². The molecule has 0 radical (unpaired) electrons. The summed E-state index contributed by atoms with van der Waals surface area (Å²) in [6.45, 7) is 3.91. The molecule has 0 aromatic heterocycles. The quantitative estimate of drug-likeness (QED) is 0.851. The predicted molar refractivity (Wildman–Crippen MR) is 85.6 cm³/mol. The molecule has 0 bridgehead atoms. The van der Waals surface area contributed by atoms with E-state index in [-0.39, 0.29) is 11.7 Å². The van der Waals surface area contributed by atoms with E-state index in [0.717, 1.165) is 25.1 Å². The summed E-state index contributed by atoms with van der Waals surface area (Å²) < 4.78 is 14.3. The molecule has 21 heavy (non-hydrogen) atoms. The monoisotopic (exact) mass is 303 g/mol. The van der Waals surface area contributed by atoms with Gasteiger partial charge in [0.15, 0.2) is 0 Å². The van der Waals surface area contributed by atoms with Crippen LogP contribution in [0.2, 0.25) is 5.02 Å². The van der Waals surface area contributed by atoms with Crippen LogP contribution in [0, 0.1) is 12.7 Å². The summed E-state index contributed by atoms with van der Waals surface area (Å²) in [5.41, 5.74) is 3.31. The van der Waals surface area contributed by atoms with Gasteiger partial charge in [-0.2, -0.15) is 0 Å². The molecular formula is C18H19ClFN. The van der Waals surface area contributed by atoms with Crippen LogP contribution in [-0.4, -0.2) is 13.1 Å². The number of hydrogen-bond acceptors (Lipinski definition) is 1.